The molecule has 1 fully saturated rings. The van der Waals surface area contributed by atoms with Gasteiger partial charge in [0.15, 0.2) is 5.78 Å². The van der Waals surface area contributed by atoms with Crippen molar-refractivity contribution >= 4 is 23.1 Å². The maximum atomic E-state index is 12.2. The second kappa shape index (κ2) is 2.64. The summed E-state index contributed by atoms with van der Waals surface area (Å²) >= 11 is 0. The lowest BCUT2D eigenvalue weighted by molar-refractivity contribution is -0.122. The molecule has 2 aliphatic rings. The Morgan fingerprint density at radius 2 is 2.00 bits per heavy atom. The highest BCUT2D eigenvalue weighted by atomic mass is 16.2. The maximum absolute atomic E-state index is 12.2. The van der Waals surface area contributed by atoms with E-state index >= 15 is 0 Å². The number of Topliss-reactive ketones (excluding diaryl/α,β-unsaturated/α-hetero) is 1. The van der Waals surface area contributed by atoms with E-state index in [2.05, 4.69) is 0 Å². The lowest BCUT2D eigenvalue weighted by atomic mass is 9.87. The first-order valence-corrected chi connectivity index (χ1v) is 5.29. The van der Waals surface area contributed by atoms with Crippen LogP contribution in [0.2, 0.25) is 0 Å². The first-order valence-electron chi connectivity index (χ1n) is 5.29. The average Bonchev–Trinajstić information content (AvgIpc) is 3.05. The predicted molar refractivity (Wildman–Crippen MR) is 60.3 cm³/mol. The molecule has 2 N–H and O–H groups in total. The van der Waals surface area contributed by atoms with Gasteiger partial charge in [0.05, 0.1) is 11.4 Å². The lowest BCUT2D eigenvalue weighted by Crippen LogP contribution is -2.44. The van der Waals surface area contributed by atoms with Gasteiger partial charge in [-0.3, -0.25) is 9.59 Å². The summed E-state index contributed by atoms with van der Waals surface area (Å²) in [6.45, 7) is 0. The Kier molecular flexibility index (Phi) is 1.55. The summed E-state index contributed by atoms with van der Waals surface area (Å²) in [5.41, 5.74) is 6.70. The van der Waals surface area contributed by atoms with Gasteiger partial charge in [-0.15, -0.1) is 0 Å². The Bertz CT molecular complexity index is 518. The number of fused-ring (bicyclic) bond motifs is 1. The smallest absolute Gasteiger partial charge is 0.240 e. The molecule has 16 heavy (non-hydrogen) atoms. The summed E-state index contributed by atoms with van der Waals surface area (Å²) in [6.07, 6.45) is 1.34. The van der Waals surface area contributed by atoms with E-state index in [4.69, 9.17) is 5.73 Å². The molecule has 1 spiro atoms. The van der Waals surface area contributed by atoms with Crippen LogP contribution in [0.1, 0.15) is 23.2 Å². The molecule has 82 valence electrons. The first-order chi connectivity index (χ1) is 7.58. The number of carbonyl (C=O) groups excluding carboxylic acids is 2. The van der Waals surface area contributed by atoms with E-state index in [1.807, 2.05) is 0 Å². The number of nitrogens with zero attached hydrogens (tertiary/aromatic N) is 1. The highest BCUT2D eigenvalue weighted by Gasteiger charge is 2.60. The van der Waals surface area contributed by atoms with Crippen LogP contribution in [-0.2, 0) is 4.79 Å². The van der Waals surface area contributed by atoms with Crippen LogP contribution in [0.25, 0.3) is 0 Å². The topological polar surface area (TPSA) is 63.4 Å². The molecule has 0 saturated heterocycles. The fourth-order valence-electron chi connectivity index (χ4n) is 2.46. The van der Waals surface area contributed by atoms with Crippen molar-refractivity contribution in [3.63, 3.8) is 0 Å². The lowest BCUT2D eigenvalue weighted by Gasteiger charge is -2.31. The number of hydrogen-bond acceptors (Lipinski definition) is 3. The van der Waals surface area contributed by atoms with Crippen LogP contribution < -0.4 is 10.6 Å². The van der Waals surface area contributed by atoms with Gasteiger partial charge in [-0.2, -0.15) is 0 Å². The zero-order valence-electron chi connectivity index (χ0n) is 8.99. The molecule has 1 saturated carbocycles. The molecule has 1 heterocycles. The van der Waals surface area contributed by atoms with Crippen molar-refractivity contribution in [1.29, 1.82) is 0 Å². The maximum Gasteiger partial charge on any atom is 0.240 e. The second-order valence-electron chi connectivity index (χ2n) is 4.52. The average molecular weight is 216 g/mol. The Morgan fingerprint density at radius 3 is 2.62 bits per heavy atom. The number of benzene rings is 1. The van der Waals surface area contributed by atoms with Crippen LogP contribution in [0.15, 0.2) is 18.2 Å². The Balaban J connectivity index is 2.28. The summed E-state index contributed by atoms with van der Waals surface area (Å²) in [5, 5.41) is 0. The monoisotopic (exact) mass is 216 g/mol. The molecule has 0 unspecified atom stereocenters. The van der Waals surface area contributed by atoms with E-state index in [1.165, 1.54) is 4.90 Å². The van der Waals surface area contributed by atoms with Crippen LogP contribution in [0, 0.1) is 5.41 Å². The summed E-state index contributed by atoms with van der Waals surface area (Å²) in [5.74, 6) is -0.166. The SMILES string of the molecule is CN1C(=O)C2(CC2)C(=O)c2cccc(N)c21. The van der Waals surface area contributed by atoms with E-state index in [9.17, 15) is 9.59 Å². The van der Waals surface area contributed by atoms with Crippen LogP contribution in [0.5, 0.6) is 0 Å². The van der Waals surface area contributed by atoms with E-state index < -0.39 is 5.41 Å². The van der Waals surface area contributed by atoms with Crippen LogP contribution in [0.4, 0.5) is 11.4 Å². The van der Waals surface area contributed by atoms with Crippen molar-refractivity contribution in [1.82, 2.24) is 0 Å². The second-order valence-corrected chi connectivity index (χ2v) is 4.52. The van der Waals surface area contributed by atoms with Gasteiger partial charge in [-0.1, -0.05) is 6.07 Å². The van der Waals surface area contributed by atoms with Gasteiger partial charge in [0, 0.05) is 12.6 Å². The molecule has 3 rings (SSSR count). The molecule has 1 aromatic carbocycles. The molecule has 0 radical (unpaired) electrons. The minimum absolute atomic E-state index is 0.0575. The van der Waals surface area contributed by atoms with Gasteiger partial charge in [-0.25, -0.2) is 0 Å². The minimum Gasteiger partial charge on any atom is -0.397 e. The third-order valence-corrected chi connectivity index (χ3v) is 3.55. The van der Waals surface area contributed by atoms with Gasteiger partial charge in [0.25, 0.3) is 0 Å². The number of nitrogens with two attached hydrogens (primary N) is 1. The molecule has 1 aromatic rings. The molecule has 1 aliphatic heterocycles. The predicted octanol–water partition coefficient (Wildman–Crippen LogP) is 1.21. The summed E-state index contributed by atoms with van der Waals surface area (Å²) < 4.78 is 0. The van der Waals surface area contributed by atoms with Crippen LogP contribution in [-0.4, -0.2) is 18.7 Å². The molecular formula is C12H12N2O2. The minimum atomic E-state index is -0.754. The zero-order valence-corrected chi connectivity index (χ0v) is 8.99. The van der Waals surface area contributed by atoms with Crippen molar-refractivity contribution in [3.05, 3.63) is 23.8 Å². The Morgan fingerprint density at radius 1 is 1.31 bits per heavy atom. The number of amides is 1. The van der Waals surface area contributed by atoms with E-state index in [0.29, 0.717) is 29.8 Å². The first kappa shape index (κ1) is 9.39. The fraction of sp³-hybridized carbons (Fsp3) is 0.333. The number of hydrogen-bond donors (Lipinski definition) is 1. The molecule has 4 heteroatoms. The number of ketones is 1. The van der Waals surface area contributed by atoms with Crippen molar-refractivity contribution in [2.75, 3.05) is 17.7 Å². The van der Waals surface area contributed by atoms with Gasteiger partial charge in [0.1, 0.15) is 5.41 Å². The number of para-hydroxylation sites is 1. The van der Waals surface area contributed by atoms with E-state index in [-0.39, 0.29) is 11.7 Å². The number of carbonyl (C=O) groups is 2. The van der Waals surface area contributed by atoms with Gasteiger partial charge >= 0.3 is 0 Å². The Hall–Kier alpha value is -1.84. The summed E-state index contributed by atoms with van der Waals surface area (Å²) in [4.78, 5) is 25.8. The number of anilines is 2. The number of rotatable bonds is 0. The van der Waals surface area contributed by atoms with Crippen molar-refractivity contribution in [2.24, 2.45) is 5.41 Å². The third-order valence-electron chi connectivity index (χ3n) is 3.55. The molecule has 0 bridgehead atoms. The molecule has 1 aliphatic carbocycles. The normalized spacial score (nSPS) is 21.2. The van der Waals surface area contributed by atoms with Gasteiger partial charge < -0.3 is 10.6 Å². The van der Waals surface area contributed by atoms with E-state index in [1.54, 1.807) is 25.2 Å². The quantitative estimate of drug-likeness (QED) is 0.523. The molecule has 0 atom stereocenters. The molecule has 4 nitrogen and oxygen atoms in total. The fourth-order valence-corrected chi connectivity index (χ4v) is 2.46. The largest absolute Gasteiger partial charge is 0.397 e. The van der Waals surface area contributed by atoms with Crippen molar-refractivity contribution < 1.29 is 9.59 Å². The standard InChI is InChI=1S/C12H12N2O2/c1-14-9-7(3-2-4-8(9)13)10(15)12(5-6-12)11(14)16/h2-4H,5-6,13H2,1H3. The van der Waals surface area contributed by atoms with Crippen LogP contribution in [0.3, 0.4) is 0 Å². The highest BCUT2D eigenvalue weighted by Crippen LogP contribution is 2.54. The van der Waals surface area contributed by atoms with Crippen molar-refractivity contribution in [2.45, 2.75) is 12.8 Å². The zero-order chi connectivity index (χ0) is 11.5. The van der Waals surface area contributed by atoms with Crippen molar-refractivity contribution in [3.8, 4) is 0 Å². The molecule has 1 amide bonds. The van der Waals surface area contributed by atoms with Gasteiger partial charge in [0.2, 0.25) is 5.91 Å². The van der Waals surface area contributed by atoms with Gasteiger partial charge in [-0.05, 0) is 25.0 Å². The Labute approximate surface area is 93.0 Å². The number of nitrogen functional groups attached to an aromatic ring is 1. The molecule has 0 aromatic heterocycles. The third kappa shape index (κ3) is 0.894. The highest BCUT2D eigenvalue weighted by molar-refractivity contribution is 6.27. The molecular weight excluding hydrogens is 204 g/mol. The van der Waals surface area contributed by atoms with Crippen LogP contribution >= 0.6 is 0 Å². The van der Waals surface area contributed by atoms with E-state index in [0.717, 1.165) is 0 Å². The summed E-state index contributed by atoms with van der Waals surface area (Å²) in [6, 6.07) is 5.21. The summed E-state index contributed by atoms with van der Waals surface area (Å²) in [7, 11) is 1.68.